The van der Waals surface area contributed by atoms with Crippen LogP contribution < -0.4 is 16.0 Å². The number of anilines is 1. The van der Waals surface area contributed by atoms with Gasteiger partial charge < -0.3 is 20.7 Å². The van der Waals surface area contributed by atoms with Gasteiger partial charge in [0.25, 0.3) is 5.91 Å². The lowest BCUT2D eigenvalue weighted by atomic mass is 9.78. The molecule has 1 aliphatic heterocycles. The molecular weight excluding hydrogens is 492 g/mol. The summed E-state index contributed by atoms with van der Waals surface area (Å²) in [5.41, 5.74) is 2.39. The number of carbonyl (C=O) groups excluding carboxylic acids is 3. The van der Waals surface area contributed by atoms with E-state index in [1.807, 2.05) is 39.0 Å². The molecule has 0 unspecified atom stereocenters. The summed E-state index contributed by atoms with van der Waals surface area (Å²) >= 11 is 6.51. The van der Waals surface area contributed by atoms with E-state index in [0.29, 0.717) is 29.4 Å². The van der Waals surface area contributed by atoms with Crippen LogP contribution in [0.5, 0.6) is 0 Å². The van der Waals surface area contributed by atoms with Gasteiger partial charge >= 0.3 is 6.09 Å². The maximum Gasteiger partial charge on any atom is 0.407 e. The molecule has 2 heterocycles. The third-order valence-corrected chi connectivity index (χ3v) is 7.17. The van der Waals surface area contributed by atoms with Crippen LogP contribution >= 0.6 is 11.6 Å². The molecule has 9 heteroatoms. The molecule has 37 heavy (non-hydrogen) atoms. The zero-order chi connectivity index (χ0) is 27.0. The van der Waals surface area contributed by atoms with Gasteiger partial charge in [0.05, 0.1) is 5.02 Å². The van der Waals surface area contributed by atoms with Gasteiger partial charge in [0, 0.05) is 41.2 Å². The molecule has 3 N–H and O–H groups in total. The molecule has 2 atom stereocenters. The number of alkyl carbamates (subject to hydrolysis) is 1. The summed E-state index contributed by atoms with van der Waals surface area (Å²) < 4.78 is 5.36. The lowest BCUT2D eigenvalue weighted by molar-refractivity contribution is -0.121. The number of carbonyl (C=O) groups is 3. The number of halogens is 1. The van der Waals surface area contributed by atoms with Crippen LogP contribution in [0.3, 0.4) is 0 Å². The highest BCUT2D eigenvalue weighted by Crippen LogP contribution is 2.36. The highest BCUT2D eigenvalue weighted by molar-refractivity contribution is 6.33. The summed E-state index contributed by atoms with van der Waals surface area (Å²) in [6.45, 7) is 10.2. The number of fused-ring (bicyclic) bond motifs is 1. The molecular formula is C28H35ClN4O4. The molecule has 8 nitrogen and oxygen atoms in total. The largest absolute Gasteiger partial charge is 0.444 e. The molecule has 1 aliphatic carbocycles. The molecule has 2 aromatic rings. The Morgan fingerprint density at radius 1 is 1.16 bits per heavy atom. The maximum absolute atomic E-state index is 13.1. The first-order chi connectivity index (χ1) is 17.3. The van der Waals surface area contributed by atoms with Gasteiger partial charge in [-0.15, -0.1) is 0 Å². The van der Waals surface area contributed by atoms with E-state index in [0.717, 1.165) is 36.0 Å². The number of hydrogen-bond donors (Lipinski definition) is 3. The Hall–Kier alpha value is -3.13. The average Bonchev–Trinajstić information content (AvgIpc) is 2.81. The van der Waals surface area contributed by atoms with E-state index >= 15 is 0 Å². The molecule has 0 radical (unpaired) electrons. The van der Waals surface area contributed by atoms with Gasteiger partial charge in [0.1, 0.15) is 11.4 Å². The highest BCUT2D eigenvalue weighted by atomic mass is 35.5. The fourth-order valence-corrected chi connectivity index (χ4v) is 5.16. The van der Waals surface area contributed by atoms with Crippen molar-refractivity contribution in [2.45, 2.75) is 77.4 Å². The molecule has 1 aromatic carbocycles. The normalized spacial score (nSPS) is 20.9. The molecule has 0 bridgehead atoms. The fourth-order valence-electron chi connectivity index (χ4n) is 4.95. The Labute approximate surface area is 222 Å². The maximum atomic E-state index is 13.1. The number of nitrogens with zero attached hydrogens (tertiary/aromatic N) is 1. The lowest BCUT2D eigenvalue weighted by Gasteiger charge is -2.33. The quantitative estimate of drug-likeness (QED) is 0.491. The lowest BCUT2D eigenvalue weighted by Crippen LogP contribution is -2.43. The number of amides is 3. The number of hydrogen-bond acceptors (Lipinski definition) is 5. The first-order valence-electron chi connectivity index (χ1n) is 12.7. The first kappa shape index (κ1) is 26.9. The average molecular weight is 527 g/mol. The van der Waals surface area contributed by atoms with Crippen molar-refractivity contribution in [3.8, 4) is 11.1 Å². The number of ether oxygens (including phenoxy) is 1. The zero-order valence-electron chi connectivity index (χ0n) is 22.0. The second-order valence-corrected chi connectivity index (χ2v) is 12.0. The molecule has 2 aliphatic rings. The molecule has 1 saturated carbocycles. The van der Waals surface area contributed by atoms with Gasteiger partial charge in [-0.25, -0.2) is 9.78 Å². The Kier molecular flexibility index (Phi) is 7.51. The standard InChI is InChI=1S/C28H35ClN4O4/c1-27(2,3)37-26(36)32-18-8-6-7-17(11-18)24(34)33-23-13-20(22(29)14-30-23)16-9-10-19-21(12-16)28(4,5)15-31-25(19)35/h9-10,12-14,17-18H,6-8,11,15H2,1-5H3,(H,31,35)(H,32,36)(H,30,33,34)/t17-,18+/m0/s1. The molecule has 1 aromatic heterocycles. The van der Waals surface area contributed by atoms with Crippen molar-refractivity contribution in [2.24, 2.45) is 5.92 Å². The Morgan fingerprint density at radius 2 is 1.92 bits per heavy atom. The van der Waals surface area contributed by atoms with Gasteiger partial charge in [-0.05, 0) is 69.4 Å². The van der Waals surface area contributed by atoms with Crippen LogP contribution in [-0.2, 0) is 14.9 Å². The van der Waals surface area contributed by atoms with Crippen LogP contribution in [0.15, 0.2) is 30.5 Å². The van der Waals surface area contributed by atoms with E-state index in [4.69, 9.17) is 16.3 Å². The topological polar surface area (TPSA) is 109 Å². The van der Waals surface area contributed by atoms with E-state index < -0.39 is 11.7 Å². The zero-order valence-corrected chi connectivity index (χ0v) is 22.8. The summed E-state index contributed by atoms with van der Waals surface area (Å²) in [4.78, 5) is 41.9. The van der Waals surface area contributed by atoms with E-state index in [9.17, 15) is 14.4 Å². The van der Waals surface area contributed by atoms with Gasteiger partial charge in [-0.3, -0.25) is 9.59 Å². The van der Waals surface area contributed by atoms with Crippen molar-refractivity contribution < 1.29 is 19.1 Å². The summed E-state index contributed by atoms with van der Waals surface area (Å²) in [5.74, 6) is -0.0691. The Balaban J connectivity index is 1.48. The van der Waals surface area contributed by atoms with Gasteiger partial charge in [-0.1, -0.05) is 37.9 Å². The van der Waals surface area contributed by atoms with Gasteiger partial charge in [0.2, 0.25) is 5.91 Å². The number of rotatable bonds is 4. The molecule has 198 valence electrons. The monoisotopic (exact) mass is 526 g/mol. The number of pyridine rings is 1. The van der Waals surface area contributed by atoms with Crippen LogP contribution in [0.4, 0.5) is 10.6 Å². The third kappa shape index (κ3) is 6.42. The third-order valence-electron chi connectivity index (χ3n) is 6.87. The van der Waals surface area contributed by atoms with Gasteiger partial charge in [0.15, 0.2) is 0 Å². The molecule has 4 rings (SSSR count). The highest BCUT2D eigenvalue weighted by Gasteiger charge is 2.32. The summed E-state index contributed by atoms with van der Waals surface area (Å²) in [5, 5.41) is 9.21. The van der Waals surface area contributed by atoms with E-state index in [2.05, 4.69) is 34.8 Å². The van der Waals surface area contributed by atoms with E-state index in [1.165, 1.54) is 6.20 Å². The summed E-state index contributed by atoms with van der Waals surface area (Å²) in [7, 11) is 0. The number of nitrogens with one attached hydrogen (secondary N) is 3. The van der Waals surface area contributed by atoms with Crippen molar-refractivity contribution in [1.29, 1.82) is 0 Å². The van der Waals surface area contributed by atoms with E-state index in [-0.39, 0.29) is 29.2 Å². The van der Waals surface area contributed by atoms with Crippen molar-refractivity contribution >= 4 is 35.3 Å². The minimum Gasteiger partial charge on any atom is -0.444 e. The van der Waals surface area contributed by atoms with Gasteiger partial charge in [-0.2, -0.15) is 0 Å². The van der Waals surface area contributed by atoms with Crippen molar-refractivity contribution in [3.05, 3.63) is 46.6 Å². The van der Waals surface area contributed by atoms with Crippen LogP contribution in [0.25, 0.3) is 11.1 Å². The van der Waals surface area contributed by atoms with E-state index in [1.54, 1.807) is 6.07 Å². The number of aromatic nitrogens is 1. The van der Waals surface area contributed by atoms with Crippen molar-refractivity contribution in [2.75, 3.05) is 11.9 Å². The molecule has 1 fully saturated rings. The molecule has 0 saturated heterocycles. The SMILES string of the molecule is CC(C)(C)OC(=O)N[C@@H]1CCC[C@H](C(=O)Nc2cc(-c3ccc4c(c3)C(C)(C)CNC4=O)c(Cl)cn2)C1. The van der Waals surface area contributed by atoms with Crippen LogP contribution in [0.1, 0.15) is 76.2 Å². The molecule has 3 amide bonds. The summed E-state index contributed by atoms with van der Waals surface area (Å²) in [6.07, 6.45) is 3.97. The predicted molar refractivity (Wildman–Crippen MR) is 144 cm³/mol. The minimum absolute atomic E-state index is 0.0819. The molecule has 0 spiro atoms. The van der Waals surface area contributed by atoms with Crippen molar-refractivity contribution in [3.63, 3.8) is 0 Å². The second-order valence-electron chi connectivity index (χ2n) is 11.6. The Morgan fingerprint density at radius 3 is 2.65 bits per heavy atom. The Bertz CT molecular complexity index is 1220. The summed E-state index contributed by atoms with van der Waals surface area (Å²) in [6, 6.07) is 7.31. The minimum atomic E-state index is -0.576. The van der Waals surface area contributed by atoms with Crippen molar-refractivity contribution in [1.82, 2.24) is 15.6 Å². The van der Waals surface area contributed by atoms with Crippen LogP contribution in [-0.4, -0.2) is 41.1 Å². The fraction of sp³-hybridized carbons (Fsp3) is 0.500. The number of benzene rings is 1. The smallest absolute Gasteiger partial charge is 0.407 e. The van der Waals surface area contributed by atoms with Crippen LogP contribution in [0.2, 0.25) is 5.02 Å². The first-order valence-corrected chi connectivity index (χ1v) is 13.1. The van der Waals surface area contributed by atoms with Crippen LogP contribution in [0, 0.1) is 5.92 Å². The second kappa shape index (κ2) is 10.3. The predicted octanol–water partition coefficient (Wildman–Crippen LogP) is 5.45.